The van der Waals surface area contributed by atoms with Gasteiger partial charge in [0.25, 0.3) is 0 Å². The molecule has 0 aliphatic carbocycles. The number of nitriles is 1. The Kier molecular flexibility index (Phi) is 3.53. The Bertz CT molecular complexity index is 723. The Morgan fingerprint density at radius 3 is 2.60 bits per heavy atom. The third-order valence-electron chi connectivity index (χ3n) is 2.59. The molecule has 5 nitrogen and oxygen atoms in total. The van der Waals surface area contributed by atoms with E-state index in [1.54, 1.807) is 6.07 Å². The number of nitrogens with zero attached hydrogens (tertiary/aromatic N) is 1. The fourth-order valence-electron chi connectivity index (χ4n) is 1.55. The van der Waals surface area contributed by atoms with Crippen molar-refractivity contribution in [3.05, 3.63) is 53.3 Å². The van der Waals surface area contributed by atoms with Gasteiger partial charge in [0, 0.05) is 11.6 Å². The van der Waals surface area contributed by atoms with Crippen molar-refractivity contribution in [2.45, 2.75) is 0 Å². The highest BCUT2D eigenvalue weighted by Crippen LogP contribution is 2.29. The summed E-state index contributed by atoms with van der Waals surface area (Å²) in [5.41, 5.74) is 11.3. The standard InChI is InChI=1S/C14H10FN3O2/c15-11-6-10(3-1-9(11)7-16)20-13-5-8(14(18)19)2-4-12(13)17/h1-6H,17H2,(H2,18,19). The SMILES string of the molecule is N#Cc1ccc(Oc2cc(C(N)=O)ccc2N)cc1F. The molecule has 20 heavy (non-hydrogen) atoms. The van der Waals surface area contributed by atoms with Gasteiger partial charge in [0.15, 0.2) is 5.75 Å². The number of rotatable bonds is 3. The predicted molar refractivity (Wildman–Crippen MR) is 70.6 cm³/mol. The second-order valence-corrected chi connectivity index (χ2v) is 3.97. The zero-order chi connectivity index (χ0) is 14.7. The molecule has 0 radical (unpaired) electrons. The number of halogens is 1. The molecule has 1 amide bonds. The van der Waals surface area contributed by atoms with E-state index >= 15 is 0 Å². The smallest absolute Gasteiger partial charge is 0.248 e. The molecule has 4 N–H and O–H groups in total. The van der Waals surface area contributed by atoms with E-state index < -0.39 is 11.7 Å². The van der Waals surface area contributed by atoms with Gasteiger partial charge in [-0.15, -0.1) is 0 Å². The van der Waals surface area contributed by atoms with E-state index in [4.69, 9.17) is 21.5 Å². The fourth-order valence-corrected chi connectivity index (χ4v) is 1.55. The van der Waals surface area contributed by atoms with Crippen molar-refractivity contribution in [1.29, 1.82) is 5.26 Å². The van der Waals surface area contributed by atoms with Gasteiger partial charge in [-0.2, -0.15) is 5.26 Å². The molecule has 0 saturated heterocycles. The number of primary amides is 1. The molecule has 2 rings (SSSR count). The molecule has 0 heterocycles. The summed E-state index contributed by atoms with van der Waals surface area (Å²) >= 11 is 0. The quantitative estimate of drug-likeness (QED) is 0.835. The number of amides is 1. The lowest BCUT2D eigenvalue weighted by atomic mass is 10.2. The van der Waals surface area contributed by atoms with E-state index in [1.807, 2.05) is 0 Å². The Morgan fingerprint density at radius 2 is 2.00 bits per heavy atom. The van der Waals surface area contributed by atoms with Crippen molar-refractivity contribution >= 4 is 11.6 Å². The average Bonchev–Trinajstić information content (AvgIpc) is 2.41. The van der Waals surface area contributed by atoms with Crippen molar-refractivity contribution in [2.75, 3.05) is 5.73 Å². The van der Waals surface area contributed by atoms with Crippen LogP contribution in [-0.2, 0) is 0 Å². The van der Waals surface area contributed by atoms with Gasteiger partial charge in [0.1, 0.15) is 17.6 Å². The van der Waals surface area contributed by atoms with Crippen molar-refractivity contribution < 1.29 is 13.9 Å². The predicted octanol–water partition coefficient (Wildman–Crippen LogP) is 2.17. The minimum absolute atomic E-state index is 0.0868. The maximum absolute atomic E-state index is 13.5. The molecule has 6 heteroatoms. The van der Waals surface area contributed by atoms with E-state index in [2.05, 4.69) is 0 Å². The van der Waals surface area contributed by atoms with Gasteiger partial charge >= 0.3 is 0 Å². The van der Waals surface area contributed by atoms with Gasteiger partial charge in [-0.3, -0.25) is 4.79 Å². The summed E-state index contributed by atoms with van der Waals surface area (Å²) in [6.07, 6.45) is 0. The highest BCUT2D eigenvalue weighted by Gasteiger charge is 2.09. The van der Waals surface area contributed by atoms with E-state index in [1.165, 1.54) is 30.3 Å². The van der Waals surface area contributed by atoms with Gasteiger partial charge in [-0.05, 0) is 30.3 Å². The van der Waals surface area contributed by atoms with Crippen LogP contribution in [0.4, 0.5) is 10.1 Å². The van der Waals surface area contributed by atoms with Gasteiger partial charge in [0.05, 0.1) is 11.3 Å². The molecule has 0 aliphatic heterocycles. The highest BCUT2D eigenvalue weighted by molar-refractivity contribution is 5.93. The largest absolute Gasteiger partial charge is 0.455 e. The zero-order valence-electron chi connectivity index (χ0n) is 10.3. The topological polar surface area (TPSA) is 102 Å². The number of nitrogens with two attached hydrogens (primary N) is 2. The molecule has 0 aromatic heterocycles. The molecule has 2 aromatic carbocycles. The number of anilines is 1. The Morgan fingerprint density at radius 1 is 1.25 bits per heavy atom. The normalized spacial score (nSPS) is 9.80. The van der Waals surface area contributed by atoms with E-state index in [-0.39, 0.29) is 28.3 Å². The number of carbonyl (C=O) groups excluding carboxylic acids is 1. The van der Waals surface area contributed by atoms with Crippen LogP contribution in [0.3, 0.4) is 0 Å². The molecule has 0 bridgehead atoms. The van der Waals surface area contributed by atoms with Crippen molar-refractivity contribution in [2.24, 2.45) is 5.73 Å². The van der Waals surface area contributed by atoms with E-state index in [0.717, 1.165) is 6.07 Å². The summed E-state index contributed by atoms with van der Waals surface area (Å²) in [4.78, 5) is 11.1. The molecule has 0 atom stereocenters. The number of benzene rings is 2. The first-order chi connectivity index (χ1) is 9.51. The molecular formula is C14H10FN3O2. The number of carbonyl (C=O) groups is 1. The second-order valence-electron chi connectivity index (χ2n) is 3.97. The molecule has 0 aliphatic rings. The average molecular weight is 271 g/mol. The lowest BCUT2D eigenvalue weighted by molar-refractivity contribution is 0.1000. The molecule has 0 unspecified atom stereocenters. The zero-order valence-corrected chi connectivity index (χ0v) is 10.3. The summed E-state index contributed by atoms with van der Waals surface area (Å²) in [5.74, 6) is -0.976. The maximum Gasteiger partial charge on any atom is 0.248 e. The second kappa shape index (κ2) is 5.28. The van der Waals surface area contributed by atoms with Crippen molar-refractivity contribution in [1.82, 2.24) is 0 Å². The van der Waals surface area contributed by atoms with E-state index in [9.17, 15) is 9.18 Å². The van der Waals surface area contributed by atoms with Gasteiger partial charge in [0.2, 0.25) is 5.91 Å². The van der Waals surface area contributed by atoms with E-state index in [0.29, 0.717) is 0 Å². The third-order valence-corrected chi connectivity index (χ3v) is 2.59. The summed E-state index contributed by atoms with van der Waals surface area (Å²) in [5, 5.41) is 8.64. The van der Waals surface area contributed by atoms with Crippen molar-refractivity contribution in [3.63, 3.8) is 0 Å². The van der Waals surface area contributed by atoms with Crippen LogP contribution < -0.4 is 16.2 Å². The van der Waals surface area contributed by atoms with Crippen LogP contribution in [0.25, 0.3) is 0 Å². The number of hydrogen-bond acceptors (Lipinski definition) is 4. The first-order valence-electron chi connectivity index (χ1n) is 5.58. The first-order valence-corrected chi connectivity index (χ1v) is 5.58. The number of hydrogen-bond donors (Lipinski definition) is 2. The lowest BCUT2D eigenvalue weighted by Gasteiger charge is -2.09. The van der Waals surface area contributed by atoms with Gasteiger partial charge in [-0.1, -0.05) is 0 Å². The van der Waals surface area contributed by atoms with Crippen LogP contribution in [0.15, 0.2) is 36.4 Å². The minimum Gasteiger partial charge on any atom is -0.455 e. The highest BCUT2D eigenvalue weighted by atomic mass is 19.1. The Labute approximate surface area is 114 Å². The molecule has 100 valence electrons. The molecule has 2 aromatic rings. The molecule has 0 fully saturated rings. The Balaban J connectivity index is 2.35. The number of nitrogen functional groups attached to an aromatic ring is 1. The molecular weight excluding hydrogens is 261 g/mol. The van der Waals surface area contributed by atoms with Crippen LogP contribution in [-0.4, -0.2) is 5.91 Å². The lowest BCUT2D eigenvalue weighted by Crippen LogP contribution is -2.11. The summed E-state index contributed by atoms with van der Waals surface area (Å²) in [7, 11) is 0. The summed E-state index contributed by atoms with van der Waals surface area (Å²) in [6.45, 7) is 0. The van der Waals surface area contributed by atoms with Crippen LogP contribution in [0.2, 0.25) is 0 Å². The minimum atomic E-state index is -0.699. The van der Waals surface area contributed by atoms with Gasteiger partial charge < -0.3 is 16.2 Å². The number of ether oxygens (including phenoxy) is 1. The van der Waals surface area contributed by atoms with Crippen LogP contribution in [0.1, 0.15) is 15.9 Å². The summed E-state index contributed by atoms with van der Waals surface area (Å²) in [6, 6.07) is 9.79. The first kappa shape index (κ1) is 13.4. The fraction of sp³-hybridized carbons (Fsp3) is 0. The summed E-state index contributed by atoms with van der Waals surface area (Å²) < 4.78 is 18.9. The van der Waals surface area contributed by atoms with Crippen LogP contribution in [0.5, 0.6) is 11.5 Å². The molecule has 0 spiro atoms. The van der Waals surface area contributed by atoms with Crippen LogP contribution >= 0.6 is 0 Å². The van der Waals surface area contributed by atoms with Gasteiger partial charge in [-0.25, -0.2) is 4.39 Å². The molecule has 0 saturated carbocycles. The maximum atomic E-state index is 13.5. The monoisotopic (exact) mass is 271 g/mol. The Hall–Kier alpha value is -3.07. The van der Waals surface area contributed by atoms with Crippen molar-refractivity contribution in [3.8, 4) is 17.6 Å². The van der Waals surface area contributed by atoms with Crippen LogP contribution in [0, 0.1) is 17.1 Å². The third kappa shape index (κ3) is 2.67.